The summed E-state index contributed by atoms with van der Waals surface area (Å²) < 4.78 is 2.26. The summed E-state index contributed by atoms with van der Waals surface area (Å²) in [6.45, 7) is 2.61. The van der Waals surface area contributed by atoms with Gasteiger partial charge in [-0.1, -0.05) is 43.5 Å². The van der Waals surface area contributed by atoms with Crippen LogP contribution < -0.4 is 5.56 Å². The molecule has 1 N–H and O–H groups in total. The summed E-state index contributed by atoms with van der Waals surface area (Å²) in [7, 11) is 0. The predicted octanol–water partition coefficient (Wildman–Crippen LogP) is 4.35. The second-order valence-electron chi connectivity index (χ2n) is 6.90. The summed E-state index contributed by atoms with van der Waals surface area (Å²) in [4.78, 5) is 16.6. The van der Waals surface area contributed by atoms with Crippen molar-refractivity contribution in [1.82, 2.24) is 9.55 Å². The van der Waals surface area contributed by atoms with Crippen LogP contribution in [0.1, 0.15) is 50.2 Å². The third kappa shape index (κ3) is 2.15. The number of H-pyrrole nitrogens is 1. The van der Waals surface area contributed by atoms with Crippen molar-refractivity contribution < 1.29 is 0 Å². The molecule has 2 aliphatic rings. The van der Waals surface area contributed by atoms with Crippen molar-refractivity contribution in [2.45, 2.75) is 57.4 Å². The first-order valence-electron chi connectivity index (χ1n) is 8.62. The van der Waals surface area contributed by atoms with E-state index < -0.39 is 0 Å². The molecule has 1 fully saturated rings. The molecule has 3 nitrogen and oxygen atoms in total. The molecule has 0 saturated heterocycles. The average Bonchev–Trinajstić information content (AvgIpc) is 2.55. The van der Waals surface area contributed by atoms with E-state index in [0.717, 1.165) is 36.1 Å². The number of benzene rings is 1. The van der Waals surface area contributed by atoms with Crippen LogP contribution >= 0.6 is 12.2 Å². The maximum Gasteiger partial charge on any atom is 0.258 e. The van der Waals surface area contributed by atoms with Crippen LogP contribution in [0, 0.1) is 4.77 Å². The Morgan fingerprint density at radius 2 is 1.96 bits per heavy atom. The van der Waals surface area contributed by atoms with Gasteiger partial charge in [0.05, 0.1) is 5.69 Å². The molecule has 4 rings (SSSR count). The number of hydrogen-bond donors (Lipinski definition) is 1. The Hall–Kier alpha value is -1.68. The summed E-state index contributed by atoms with van der Waals surface area (Å²) in [5, 5.41) is 0. The monoisotopic (exact) mass is 326 g/mol. The molecule has 0 unspecified atom stereocenters. The van der Waals surface area contributed by atoms with Crippen LogP contribution in [0.2, 0.25) is 0 Å². The number of fused-ring (bicyclic) bond motifs is 4. The third-order valence-corrected chi connectivity index (χ3v) is 5.98. The van der Waals surface area contributed by atoms with Gasteiger partial charge in [-0.15, -0.1) is 0 Å². The van der Waals surface area contributed by atoms with E-state index in [1.165, 1.54) is 24.8 Å². The molecule has 0 atom stereocenters. The van der Waals surface area contributed by atoms with E-state index in [4.69, 9.17) is 12.2 Å². The molecule has 1 heterocycles. The lowest BCUT2D eigenvalue weighted by atomic mass is 9.62. The van der Waals surface area contributed by atoms with Crippen molar-refractivity contribution in [1.29, 1.82) is 0 Å². The van der Waals surface area contributed by atoms with E-state index >= 15 is 0 Å². The zero-order chi connectivity index (χ0) is 16.0. The molecular weight excluding hydrogens is 304 g/mol. The van der Waals surface area contributed by atoms with Gasteiger partial charge in [0.15, 0.2) is 4.77 Å². The van der Waals surface area contributed by atoms with Gasteiger partial charge in [0.2, 0.25) is 0 Å². The van der Waals surface area contributed by atoms with Crippen LogP contribution in [0.4, 0.5) is 0 Å². The van der Waals surface area contributed by atoms with Gasteiger partial charge < -0.3 is 4.98 Å². The number of aromatic nitrogens is 2. The Bertz CT molecular complexity index is 872. The lowest BCUT2D eigenvalue weighted by Crippen LogP contribution is -2.42. The van der Waals surface area contributed by atoms with Crippen molar-refractivity contribution in [3.05, 3.63) is 50.5 Å². The fraction of sp³-hybridized carbons (Fsp3) is 0.474. The molecule has 2 aromatic rings. The van der Waals surface area contributed by atoms with E-state index in [1.54, 1.807) is 4.57 Å². The summed E-state index contributed by atoms with van der Waals surface area (Å²) >= 11 is 5.45. The molecule has 0 aliphatic heterocycles. The molecule has 4 heteroatoms. The molecule has 2 aliphatic carbocycles. The lowest BCUT2D eigenvalue weighted by molar-refractivity contribution is 0.283. The number of aromatic amines is 1. The first kappa shape index (κ1) is 14.9. The number of nitrogens with one attached hydrogen (secondary N) is 1. The smallest absolute Gasteiger partial charge is 0.258 e. The van der Waals surface area contributed by atoms with Crippen molar-refractivity contribution in [2.75, 3.05) is 0 Å². The minimum absolute atomic E-state index is 0.00449. The second-order valence-corrected chi connectivity index (χ2v) is 7.29. The lowest BCUT2D eigenvalue weighted by Gasteiger charge is -2.42. The molecule has 1 spiro atoms. The highest BCUT2D eigenvalue weighted by atomic mass is 32.1. The van der Waals surface area contributed by atoms with Crippen LogP contribution in [0.15, 0.2) is 29.1 Å². The van der Waals surface area contributed by atoms with Gasteiger partial charge in [0, 0.05) is 23.1 Å². The third-order valence-electron chi connectivity index (χ3n) is 5.66. The Morgan fingerprint density at radius 1 is 1.22 bits per heavy atom. The van der Waals surface area contributed by atoms with Crippen molar-refractivity contribution in [3.63, 3.8) is 0 Å². The molecule has 0 amide bonds. The first-order valence-corrected chi connectivity index (χ1v) is 9.03. The van der Waals surface area contributed by atoms with Crippen LogP contribution in [0.25, 0.3) is 11.3 Å². The molecule has 1 aromatic heterocycles. The maximum atomic E-state index is 13.2. The van der Waals surface area contributed by atoms with E-state index in [1.807, 2.05) is 13.0 Å². The van der Waals surface area contributed by atoms with Crippen molar-refractivity contribution in [2.24, 2.45) is 0 Å². The van der Waals surface area contributed by atoms with E-state index in [2.05, 4.69) is 23.2 Å². The number of hydrogen-bond acceptors (Lipinski definition) is 2. The SMILES string of the molecule is CCn1c(=S)[nH]c2c(c1=O)C1(CCCCC1)Cc1ccccc1-2. The summed E-state index contributed by atoms with van der Waals surface area (Å²) in [5.74, 6) is 0. The second kappa shape index (κ2) is 5.45. The quantitative estimate of drug-likeness (QED) is 0.791. The van der Waals surface area contributed by atoms with Crippen LogP contribution in [-0.4, -0.2) is 9.55 Å². The average molecular weight is 326 g/mol. The standard InChI is InChI=1S/C19H22N2OS/c1-2-21-17(22)15-16(20-18(21)23)14-9-5-4-8-13(14)12-19(15)10-6-3-7-11-19/h4-5,8-9H,2-3,6-7,10-12H2,1H3,(H,20,23). The van der Waals surface area contributed by atoms with Crippen LogP contribution in [-0.2, 0) is 18.4 Å². The maximum absolute atomic E-state index is 13.2. The molecule has 0 radical (unpaired) electrons. The van der Waals surface area contributed by atoms with Crippen molar-refractivity contribution >= 4 is 12.2 Å². The number of nitrogens with zero attached hydrogens (tertiary/aromatic N) is 1. The fourth-order valence-corrected chi connectivity index (χ4v) is 4.89. The van der Waals surface area contributed by atoms with Gasteiger partial charge >= 0.3 is 0 Å². The molecule has 1 saturated carbocycles. The Balaban J connectivity index is 2.08. The van der Waals surface area contributed by atoms with E-state index in [0.29, 0.717) is 11.3 Å². The van der Waals surface area contributed by atoms with Crippen LogP contribution in [0.5, 0.6) is 0 Å². The highest BCUT2D eigenvalue weighted by molar-refractivity contribution is 7.71. The van der Waals surface area contributed by atoms with E-state index in [9.17, 15) is 4.79 Å². The topological polar surface area (TPSA) is 37.8 Å². The van der Waals surface area contributed by atoms with Gasteiger partial charge in [-0.25, -0.2) is 0 Å². The summed E-state index contributed by atoms with van der Waals surface area (Å²) in [6, 6.07) is 8.47. The van der Waals surface area contributed by atoms with Gasteiger partial charge in [-0.3, -0.25) is 9.36 Å². The highest BCUT2D eigenvalue weighted by Gasteiger charge is 2.42. The Kier molecular flexibility index (Phi) is 3.52. The minimum Gasteiger partial charge on any atom is -0.331 e. The summed E-state index contributed by atoms with van der Waals surface area (Å²) in [5.41, 5.74) is 4.60. The van der Waals surface area contributed by atoms with Gasteiger partial charge in [0.1, 0.15) is 0 Å². The van der Waals surface area contributed by atoms with Gasteiger partial charge in [-0.2, -0.15) is 0 Å². The molecule has 23 heavy (non-hydrogen) atoms. The fourth-order valence-electron chi connectivity index (χ4n) is 4.58. The summed E-state index contributed by atoms with van der Waals surface area (Å²) in [6.07, 6.45) is 6.91. The largest absolute Gasteiger partial charge is 0.331 e. The predicted molar refractivity (Wildman–Crippen MR) is 95.5 cm³/mol. The molecule has 1 aromatic carbocycles. The molecule has 0 bridgehead atoms. The zero-order valence-corrected chi connectivity index (χ0v) is 14.3. The van der Waals surface area contributed by atoms with Crippen LogP contribution in [0.3, 0.4) is 0 Å². The molecule has 120 valence electrons. The number of rotatable bonds is 1. The highest BCUT2D eigenvalue weighted by Crippen LogP contribution is 2.48. The van der Waals surface area contributed by atoms with Gasteiger partial charge in [0.25, 0.3) is 5.56 Å². The minimum atomic E-state index is -0.00449. The van der Waals surface area contributed by atoms with E-state index in [-0.39, 0.29) is 11.0 Å². The Labute approximate surface area is 141 Å². The van der Waals surface area contributed by atoms with Gasteiger partial charge in [-0.05, 0) is 44.0 Å². The first-order chi connectivity index (χ1) is 11.2. The van der Waals surface area contributed by atoms with Crippen molar-refractivity contribution in [3.8, 4) is 11.3 Å². The Morgan fingerprint density at radius 3 is 2.70 bits per heavy atom. The normalized spacial score (nSPS) is 18.5. The zero-order valence-electron chi connectivity index (χ0n) is 13.5. The molecular formula is C19H22N2OS.